The molecule has 10 aromatic rings. The van der Waals surface area contributed by atoms with E-state index in [0.717, 1.165) is 71.7 Å². The number of rotatable bonds is 4. The van der Waals surface area contributed by atoms with Crippen LogP contribution in [0.25, 0.3) is 99.9 Å². The van der Waals surface area contributed by atoms with E-state index in [1.54, 1.807) is 0 Å². The Bertz CT molecular complexity index is 2780. The van der Waals surface area contributed by atoms with Crippen LogP contribution in [0.4, 0.5) is 0 Å². The molecule has 0 atom stereocenters. The fourth-order valence-corrected chi connectivity index (χ4v) is 6.99. The average molecular weight is 616 g/mol. The molecule has 0 aliphatic rings. The monoisotopic (exact) mass is 615 g/mol. The Morgan fingerprint density at radius 2 is 0.875 bits per heavy atom. The first-order valence-electron chi connectivity index (χ1n) is 15.9. The van der Waals surface area contributed by atoms with E-state index in [4.69, 9.17) is 23.8 Å². The molecule has 0 unspecified atom stereocenters. The normalized spacial score (nSPS) is 11.8. The minimum atomic E-state index is 0.583. The molecule has 0 aliphatic carbocycles. The first-order chi connectivity index (χ1) is 23.8. The van der Waals surface area contributed by atoms with Crippen LogP contribution in [0, 0.1) is 0 Å². The fraction of sp³-hybridized carbons (Fsp3) is 0. The number of para-hydroxylation sites is 1. The second kappa shape index (κ2) is 10.5. The van der Waals surface area contributed by atoms with E-state index in [1.807, 2.05) is 84.9 Å². The predicted octanol–water partition coefficient (Wildman–Crippen LogP) is 11.5. The van der Waals surface area contributed by atoms with E-state index in [1.165, 1.54) is 10.8 Å². The van der Waals surface area contributed by atoms with Crippen molar-refractivity contribution >= 4 is 54.6 Å². The molecule has 0 saturated carbocycles. The topological polar surface area (TPSA) is 65.0 Å². The lowest BCUT2D eigenvalue weighted by atomic mass is 9.95. The van der Waals surface area contributed by atoms with Gasteiger partial charge in [-0.25, -0.2) is 15.0 Å². The first-order valence-corrected chi connectivity index (χ1v) is 15.9. The summed E-state index contributed by atoms with van der Waals surface area (Å²) in [7, 11) is 0. The van der Waals surface area contributed by atoms with Crippen LogP contribution in [0.5, 0.6) is 0 Å². The predicted molar refractivity (Wildman–Crippen MR) is 194 cm³/mol. The number of fused-ring (bicyclic) bond motifs is 8. The van der Waals surface area contributed by atoms with Gasteiger partial charge in [0.1, 0.15) is 22.3 Å². The molecule has 48 heavy (non-hydrogen) atoms. The summed E-state index contributed by atoms with van der Waals surface area (Å²) in [6.07, 6.45) is 0. The van der Waals surface area contributed by atoms with Gasteiger partial charge in [0, 0.05) is 43.8 Å². The molecule has 3 aromatic heterocycles. The molecule has 7 aromatic carbocycles. The van der Waals surface area contributed by atoms with Gasteiger partial charge in [-0.05, 0) is 34.5 Å². The van der Waals surface area contributed by atoms with Crippen molar-refractivity contribution in [3.05, 3.63) is 152 Å². The molecule has 5 nitrogen and oxygen atoms in total. The Morgan fingerprint density at radius 3 is 1.60 bits per heavy atom. The minimum absolute atomic E-state index is 0.583. The molecule has 0 N–H and O–H groups in total. The molecule has 224 valence electrons. The highest BCUT2D eigenvalue weighted by molar-refractivity contribution is 6.23. The van der Waals surface area contributed by atoms with Crippen molar-refractivity contribution in [1.82, 2.24) is 15.0 Å². The third-order valence-corrected chi connectivity index (χ3v) is 9.14. The number of benzene rings is 7. The molecule has 10 rings (SSSR count). The van der Waals surface area contributed by atoms with Crippen molar-refractivity contribution in [1.29, 1.82) is 0 Å². The second-order valence-electron chi connectivity index (χ2n) is 11.9. The van der Waals surface area contributed by atoms with Gasteiger partial charge in [-0.2, -0.15) is 0 Å². The molecular weight excluding hydrogens is 590 g/mol. The van der Waals surface area contributed by atoms with Gasteiger partial charge in [-0.15, -0.1) is 0 Å². The molecule has 0 amide bonds. The summed E-state index contributed by atoms with van der Waals surface area (Å²) < 4.78 is 13.2. The van der Waals surface area contributed by atoms with Crippen LogP contribution in [-0.4, -0.2) is 15.0 Å². The van der Waals surface area contributed by atoms with Crippen molar-refractivity contribution in [2.24, 2.45) is 0 Å². The number of furan rings is 2. The molecule has 0 spiro atoms. The Hall–Kier alpha value is -6.59. The Kier molecular flexibility index (Phi) is 5.81. The van der Waals surface area contributed by atoms with Crippen LogP contribution < -0.4 is 0 Å². The molecule has 0 aliphatic heterocycles. The summed E-state index contributed by atoms with van der Waals surface area (Å²) in [5, 5.41) is 6.52. The van der Waals surface area contributed by atoms with Crippen LogP contribution in [0.2, 0.25) is 0 Å². The van der Waals surface area contributed by atoms with Gasteiger partial charge in [-0.1, -0.05) is 133 Å². The molecule has 3 heterocycles. The highest BCUT2D eigenvalue weighted by Crippen LogP contribution is 2.45. The van der Waals surface area contributed by atoms with Gasteiger partial charge in [-0.3, -0.25) is 0 Å². The van der Waals surface area contributed by atoms with Crippen LogP contribution in [0.1, 0.15) is 0 Å². The maximum Gasteiger partial charge on any atom is 0.164 e. The Morgan fingerprint density at radius 1 is 0.333 bits per heavy atom. The zero-order chi connectivity index (χ0) is 31.6. The van der Waals surface area contributed by atoms with Gasteiger partial charge in [0.05, 0.1) is 0 Å². The van der Waals surface area contributed by atoms with Gasteiger partial charge < -0.3 is 8.83 Å². The molecular formula is C43H25N3O2. The SMILES string of the molecule is c1ccc(-c2nc(-c3ccccc3)nc(-c3cccc4oc5cccc(-c6cccc7c6oc6ccc8ccccc8c67)c5c34)n2)cc1. The largest absolute Gasteiger partial charge is 0.456 e. The van der Waals surface area contributed by atoms with Crippen molar-refractivity contribution in [3.8, 4) is 45.3 Å². The summed E-state index contributed by atoms with van der Waals surface area (Å²) in [4.78, 5) is 15.0. The summed E-state index contributed by atoms with van der Waals surface area (Å²) in [5.41, 5.74) is 8.01. The van der Waals surface area contributed by atoms with E-state index in [0.29, 0.717) is 17.5 Å². The van der Waals surface area contributed by atoms with Crippen molar-refractivity contribution in [2.75, 3.05) is 0 Å². The minimum Gasteiger partial charge on any atom is -0.456 e. The van der Waals surface area contributed by atoms with Gasteiger partial charge in [0.15, 0.2) is 17.5 Å². The third-order valence-electron chi connectivity index (χ3n) is 9.14. The number of aromatic nitrogens is 3. The van der Waals surface area contributed by atoms with Gasteiger partial charge in [0.2, 0.25) is 0 Å². The van der Waals surface area contributed by atoms with Crippen LogP contribution >= 0.6 is 0 Å². The van der Waals surface area contributed by atoms with Crippen LogP contribution in [-0.2, 0) is 0 Å². The highest BCUT2D eigenvalue weighted by Gasteiger charge is 2.22. The zero-order valence-electron chi connectivity index (χ0n) is 25.6. The van der Waals surface area contributed by atoms with E-state index < -0.39 is 0 Å². The van der Waals surface area contributed by atoms with E-state index >= 15 is 0 Å². The lowest BCUT2D eigenvalue weighted by molar-refractivity contribution is 0.669. The van der Waals surface area contributed by atoms with E-state index in [9.17, 15) is 0 Å². The fourth-order valence-electron chi connectivity index (χ4n) is 6.99. The number of nitrogens with zero attached hydrogens (tertiary/aromatic N) is 3. The summed E-state index contributed by atoms with van der Waals surface area (Å²) >= 11 is 0. The maximum absolute atomic E-state index is 6.66. The molecule has 0 saturated heterocycles. The summed E-state index contributed by atoms with van der Waals surface area (Å²) in [5.74, 6) is 1.81. The van der Waals surface area contributed by atoms with Crippen molar-refractivity contribution in [3.63, 3.8) is 0 Å². The molecule has 5 heteroatoms. The lowest BCUT2D eigenvalue weighted by Gasteiger charge is -2.10. The molecule has 0 fully saturated rings. The standard InChI is InChI=1S/C43H25N3O2/c1-3-13-27(14-4-1)41-44-42(28-15-5-2-6-16-28)46-43(45-41)33-21-11-23-35-39(33)38-30(18-10-22-34(38)47-35)31-19-9-20-32-37-29-17-8-7-12-26(29)24-25-36(37)48-40(31)32/h1-25H. The second-order valence-corrected chi connectivity index (χ2v) is 11.9. The highest BCUT2D eigenvalue weighted by atomic mass is 16.3. The first kappa shape index (κ1) is 26.6. The maximum atomic E-state index is 6.66. The summed E-state index contributed by atoms with van der Waals surface area (Å²) in [6.45, 7) is 0. The molecule has 0 radical (unpaired) electrons. The number of hydrogen-bond donors (Lipinski definition) is 0. The van der Waals surface area contributed by atoms with E-state index in [-0.39, 0.29) is 0 Å². The lowest BCUT2D eigenvalue weighted by Crippen LogP contribution is -2.00. The zero-order valence-corrected chi connectivity index (χ0v) is 25.6. The van der Waals surface area contributed by atoms with Crippen LogP contribution in [0.15, 0.2) is 160 Å². The summed E-state index contributed by atoms with van der Waals surface area (Å²) in [6, 6.07) is 51.4. The third kappa shape index (κ3) is 4.08. The number of hydrogen-bond acceptors (Lipinski definition) is 5. The van der Waals surface area contributed by atoms with Gasteiger partial charge >= 0.3 is 0 Å². The van der Waals surface area contributed by atoms with E-state index in [2.05, 4.69) is 66.7 Å². The van der Waals surface area contributed by atoms with Gasteiger partial charge in [0.25, 0.3) is 0 Å². The quantitative estimate of drug-likeness (QED) is 0.197. The smallest absolute Gasteiger partial charge is 0.164 e. The van der Waals surface area contributed by atoms with Crippen LogP contribution in [0.3, 0.4) is 0 Å². The molecule has 0 bridgehead atoms. The average Bonchev–Trinajstić information content (AvgIpc) is 3.74. The Labute approximate surface area is 274 Å². The van der Waals surface area contributed by atoms with Crippen molar-refractivity contribution in [2.45, 2.75) is 0 Å². The Balaban J connectivity index is 1.26. The van der Waals surface area contributed by atoms with Crippen molar-refractivity contribution < 1.29 is 8.83 Å².